The van der Waals surface area contributed by atoms with Crippen molar-refractivity contribution in [3.63, 3.8) is 0 Å². The quantitative estimate of drug-likeness (QED) is 0.345. The third-order valence-electron chi connectivity index (χ3n) is 13.1. The Kier molecular flexibility index (Phi) is 6.22. The molecule has 0 nitrogen and oxygen atoms in total. The second kappa shape index (κ2) is 8.89. The fourth-order valence-corrected chi connectivity index (χ4v) is 18.8. The van der Waals surface area contributed by atoms with E-state index in [0.29, 0.717) is 0 Å². The summed E-state index contributed by atoms with van der Waals surface area (Å²) in [5.74, 6) is 4.30. The van der Waals surface area contributed by atoms with Gasteiger partial charge < -0.3 is 0 Å². The summed E-state index contributed by atoms with van der Waals surface area (Å²) in [6, 6.07) is 3.28. The van der Waals surface area contributed by atoms with Gasteiger partial charge in [-0.25, -0.2) is 0 Å². The molecule has 4 fully saturated rings. The smallest absolute Gasteiger partial charge is 0.0604 e. The molecule has 1 heteroatoms. The maximum atomic E-state index is 2.78. The van der Waals surface area contributed by atoms with Crippen LogP contribution < -0.4 is 0 Å². The first-order chi connectivity index (χ1) is 16.8. The van der Waals surface area contributed by atoms with E-state index >= 15 is 0 Å². The first-order valence-electron chi connectivity index (χ1n) is 15.6. The molecule has 1 aliphatic heterocycles. The topological polar surface area (TPSA) is 0 Å². The van der Waals surface area contributed by atoms with Gasteiger partial charge in [-0.1, -0.05) is 68.0 Å². The predicted octanol–water partition coefficient (Wildman–Crippen LogP) is 10.6. The molecule has 0 N–H and O–H groups in total. The zero-order chi connectivity index (χ0) is 24.6. The van der Waals surface area contributed by atoms with Crippen LogP contribution in [0, 0.1) is 29.6 Å². The minimum atomic E-state index is -1.38. The summed E-state index contributed by atoms with van der Waals surface area (Å²) in [5.41, 5.74) is 16.6. The Morgan fingerprint density at radius 3 is 1.89 bits per heavy atom. The monoisotopic (exact) mass is 488 g/mol. The normalized spacial score (nSPS) is 39.5. The van der Waals surface area contributed by atoms with E-state index in [1.807, 2.05) is 27.9 Å². The molecular weight excluding hydrogens is 436 g/mol. The molecule has 0 radical (unpaired) electrons. The third-order valence-corrected chi connectivity index (χ3v) is 20.1. The van der Waals surface area contributed by atoms with Gasteiger partial charge in [0.25, 0.3) is 0 Å². The summed E-state index contributed by atoms with van der Waals surface area (Å²) in [5, 5.41) is 0. The van der Waals surface area contributed by atoms with Crippen LogP contribution in [0.25, 0.3) is 0 Å². The number of hydrogen-bond donors (Lipinski definition) is 0. The van der Waals surface area contributed by atoms with Crippen molar-refractivity contribution in [1.82, 2.24) is 0 Å². The molecule has 3 saturated carbocycles. The van der Waals surface area contributed by atoms with Crippen molar-refractivity contribution in [3.05, 3.63) is 44.6 Å². The molecule has 35 heavy (non-hydrogen) atoms. The fourth-order valence-electron chi connectivity index (χ4n) is 11.3. The zero-order valence-corrected chi connectivity index (χ0v) is 25.0. The lowest BCUT2D eigenvalue weighted by Gasteiger charge is -2.48. The highest BCUT2D eigenvalue weighted by Gasteiger charge is 2.58. The maximum Gasteiger partial charge on any atom is 0.0604 e. The van der Waals surface area contributed by atoms with E-state index in [9.17, 15) is 0 Å². The van der Waals surface area contributed by atoms with Gasteiger partial charge in [-0.2, -0.15) is 0 Å². The molecule has 7 atom stereocenters. The van der Waals surface area contributed by atoms with E-state index in [0.717, 1.165) is 40.7 Å². The molecular formula is C34H52Si. The third kappa shape index (κ3) is 3.49. The Bertz CT molecular complexity index is 1020. The number of hydrogen-bond acceptors (Lipinski definition) is 0. The van der Waals surface area contributed by atoms with Crippen LogP contribution in [0.5, 0.6) is 0 Å². The molecule has 1 saturated heterocycles. The highest BCUT2D eigenvalue weighted by atomic mass is 28.3. The van der Waals surface area contributed by atoms with Crippen LogP contribution in [0.15, 0.2) is 44.6 Å². The standard InChI is InChI=1S/C34H52Si/c1-20-18-32-25(6)29-14-11-15-30(29)26(7)33(32)34(20)35(16-8-9-17-35)21(2)19-31-23(4)22(3)27-12-10-13-28(27)24(31)5/h20-21,23,31-34H,8-19H2,1-7H3. The Balaban J connectivity index is 1.34. The molecule has 0 spiro atoms. The Morgan fingerprint density at radius 2 is 1.26 bits per heavy atom. The van der Waals surface area contributed by atoms with Crippen molar-refractivity contribution < 1.29 is 0 Å². The van der Waals surface area contributed by atoms with Crippen LogP contribution in [0.4, 0.5) is 0 Å². The lowest BCUT2D eigenvalue weighted by atomic mass is 9.72. The molecule has 0 aromatic heterocycles. The van der Waals surface area contributed by atoms with Crippen LogP contribution in [-0.2, 0) is 0 Å². The molecule has 6 rings (SSSR count). The second-order valence-corrected chi connectivity index (χ2v) is 19.3. The molecule has 6 aliphatic rings. The SMILES string of the molecule is CC1=C2CCCC2=C(C)C(CC(C)[Si]2(C3C(C)CC4C(C)=C5CCCC5=C(C)C43)CCCC2)C1C. The number of rotatable bonds is 4. The van der Waals surface area contributed by atoms with E-state index in [4.69, 9.17) is 0 Å². The van der Waals surface area contributed by atoms with Crippen molar-refractivity contribution in [2.24, 2.45) is 29.6 Å². The Hall–Kier alpha value is -0.823. The van der Waals surface area contributed by atoms with E-state index in [2.05, 4.69) is 48.5 Å². The van der Waals surface area contributed by atoms with Gasteiger partial charge in [0.05, 0.1) is 8.07 Å². The highest BCUT2D eigenvalue weighted by Crippen LogP contribution is 2.66. The van der Waals surface area contributed by atoms with Crippen LogP contribution in [-0.4, -0.2) is 8.07 Å². The molecule has 1 heterocycles. The van der Waals surface area contributed by atoms with Gasteiger partial charge in [-0.15, -0.1) is 0 Å². The van der Waals surface area contributed by atoms with Crippen molar-refractivity contribution >= 4 is 8.07 Å². The minimum Gasteiger partial charge on any atom is -0.0664 e. The van der Waals surface area contributed by atoms with Gasteiger partial charge in [0, 0.05) is 0 Å². The Labute approximate surface area is 217 Å². The molecule has 0 bridgehead atoms. The van der Waals surface area contributed by atoms with Gasteiger partial charge in [0.1, 0.15) is 0 Å². The van der Waals surface area contributed by atoms with E-state index < -0.39 is 8.07 Å². The highest BCUT2D eigenvalue weighted by molar-refractivity contribution is 6.83. The summed E-state index contributed by atoms with van der Waals surface area (Å²) >= 11 is 0. The molecule has 5 aliphatic carbocycles. The van der Waals surface area contributed by atoms with Crippen molar-refractivity contribution in [1.29, 1.82) is 0 Å². The van der Waals surface area contributed by atoms with E-state index in [1.165, 1.54) is 64.2 Å². The van der Waals surface area contributed by atoms with Crippen LogP contribution in [0.2, 0.25) is 23.2 Å². The van der Waals surface area contributed by atoms with Gasteiger partial charge in [0.2, 0.25) is 0 Å². The van der Waals surface area contributed by atoms with Crippen LogP contribution in [0.3, 0.4) is 0 Å². The lowest BCUT2D eigenvalue weighted by Crippen LogP contribution is -2.46. The molecule has 0 aromatic rings. The van der Waals surface area contributed by atoms with Crippen LogP contribution in [0.1, 0.15) is 113 Å². The molecule has 192 valence electrons. The van der Waals surface area contributed by atoms with Gasteiger partial charge in [0.15, 0.2) is 0 Å². The zero-order valence-electron chi connectivity index (χ0n) is 24.0. The molecule has 7 unspecified atom stereocenters. The summed E-state index contributed by atoms with van der Waals surface area (Å²) in [7, 11) is -1.38. The fraction of sp³-hybridized carbons (Fsp3) is 0.765. The predicted molar refractivity (Wildman–Crippen MR) is 154 cm³/mol. The summed E-state index contributed by atoms with van der Waals surface area (Å²) in [4.78, 5) is 0. The summed E-state index contributed by atoms with van der Waals surface area (Å²) < 4.78 is 0. The van der Waals surface area contributed by atoms with E-state index in [1.54, 1.807) is 28.8 Å². The number of fused-ring (bicyclic) bond motifs is 3. The first-order valence-corrected chi connectivity index (χ1v) is 18.1. The average Bonchev–Trinajstić information content (AvgIpc) is 3.63. The molecule has 0 aromatic carbocycles. The van der Waals surface area contributed by atoms with Crippen molar-refractivity contribution in [2.75, 3.05) is 0 Å². The largest absolute Gasteiger partial charge is 0.0664 e. The lowest BCUT2D eigenvalue weighted by molar-refractivity contribution is 0.405. The first kappa shape index (κ1) is 24.5. The average molecular weight is 489 g/mol. The van der Waals surface area contributed by atoms with Gasteiger partial charge >= 0.3 is 0 Å². The van der Waals surface area contributed by atoms with Gasteiger partial charge in [-0.3, -0.25) is 0 Å². The van der Waals surface area contributed by atoms with E-state index in [-0.39, 0.29) is 0 Å². The summed E-state index contributed by atoms with van der Waals surface area (Å²) in [6.07, 6.45) is 14.4. The maximum absolute atomic E-state index is 2.78. The van der Waals surface area contributed by atoms with Crippen LogP contribution >= 0.6 is 0 Å². The second-order valence-electron chi connectivity index (χ2n) is 14.2. The van der Waals surface area contributed by atoms with Crippen molar-refractivity contribution in [3.8, 4) is 0 Å². The minimum absolute atomic E-state index is 0.764. The van der Waals surface area contributed by atoms with Crippen molar-refractivity contribution in [2.45, 2.75) is 136 Å². The molecule has 0 amide bonds. The Morgan fingerprint density at radius 1 is 0.714 bits per heavy atom. The van der Waals surface area contributed by atoms with Gasteiger partial charge in [-0.05, 0) is 142 Å². The summed E-state index contributed by atoms with van der Waals surface area (Å²) in [6.45, 7) is 18.3. The number of allylic oxidation sites excluding steroid dienone is 8.